The van der Waals surface area contributed by atoms with Gasteiger partial charge in [-0.2, -0.15) is 0 Å². The molecule has 0 saturated heterocycles. The summed E-state index contributed by atoms with van der Waals surface area (Å²) in [6, 6.07) is 7.69. The fraction of sp³-hybridized carbons (Fsp3) is 0.647. The first-order valence-corrected chi connectivity index (χ1v) is 8.09. The fourth-order valence-electron chi connectivity index (χ4n) is 2.57. The Balaban J connectivity index is 1.99. The Bertz CT molecular complexity index is 441. The van der Waals surface area contributed by atoms with E-state index in [1.807, 2.05) is 0 Å². The van der Waals surface area contributed by atoms with Crippen LogP contribution >= 0.6 is 11.6 Å². The van der Waals surface area contributed by atoms with Gasteiger partial charge in [0.2, 0.25) is 0 Å². The van der Waals surface area contributed by atoms with E-state index >= 15 is 0 Å². The second kappa shape index (κ2) is 6.82. The SMILES string of the molecule is CC(C)CC(C)N(C)c1ccc(CNC2CC2)cc1Cl. The van der Waals surface area contributed by atoms with E-state index in [1.54, 1.807) is 0 Å². The number of hydrogen-bond donors (Lipinski definition) is 1. The lowest BCUT2D eigenvalue weighted by atomic mass is 10.0. The standard InChI is InChI=1S/C17H27ClN2/c1-12(2)9-13(3)20(4)17-8-5-14(10-16(17)18)11-19-15-6-7-15/h5,8,10,12-13,15,19H,6-7,9,11H2,1-4H3. The lowest BCUT2D eigenvalue weighted by Crippen LogP contribution is -2.30. The van der Waals surface area contributed by atoms with Crippen LogP contribution < -0.4 is 10.2 Å². The van der Waals surface area contributed by atoms with Crippen molar-refractivity contribution in [2.24, 2.45) is 5.92 Å². The highest BCUT2D eigenvalue weighted by Gasteiger charge is 2.20. The van der Waals surface area contributed by atoms with Gasteiger partial charge in [0.05, 0.1) is 10.7 Å². The topological polar surface area (TPSA) is 15.3 Å². The molecule has 0 radical (unpaired) electrons. The highest BCUT2D eigenvalue weighted by atomic mass is 35.5. The first-order chi connectivity index (χ1) is 9.47. The van der Waals surface area contributed by atoms with E-state index in [4.69, 9.17) is 11.6 Å². The van der Waals surface area contributed by atoms with Crippen LogP contribution in [0.2, 0.25) is 5.02 Å². The van der Waals surface area contributed by atoms with E-state index in [0.717, 1.165) is 23.3 Å². The number of anilines is 1. The molecule has 1 saturated carbocycles. The number of halogens is 1. The van der Waals surface area contributed by atoms with Crippen LogP contribution in [0.15, 0.2) is 18.2 Å². The van der Waals surface area contributed by atoms with E-state index in [9.17, 15) is 0 Å². The van der Waals surface area contributed by atoms with Crippen molar-refractivity contribution in [2.75, 3.05) is 11.9 Å². The van der Waals surface area contributed by atoms with Gasteiger partial charge in [0, 0.05) is 25.7 Å². The second-order valence-corrected chi connectivity index (χ2v) is 6.94. The molecule has 3 heteroatoms. The molecular weight excluding hydrogens is 268 g/mol. The summed E-state index contributed by atoms with van der Waals surface area (Å²) >= 11 is 6.47. The molecule has 0 amide bonds. The zero-order valence-corrected chi connectivity index (χ0v) is 13.9. The Morgan fingerprint density at radius 3 is 2.55 bits per heavy atom. The predicted molar refractivity (Wildman–Crippen MR) is 88.6 cm³/mol. The van der Waals surface area contributed by atoms with Gasteiger partial charge >= 0.3 is 0 Å². The van der Waals surface area contributed by atoms with Gasteiger partial charge in [-0.3, -0.25) is 0 Å². The Morgan fingerprint density at radius 1 is 1.30 bits per heavy atom. The number of rotatable bonds is 7. The van der Waals surface area contributed by atoms with E-state index in [2.05, 4.69) is 56.2 Å². The first-order valence-electron chi connectivity index (χ1n) is 7.72. The molecule has 0 aromatic heterocycles. The summed E-state index contributed by atoms with van der Waals surface area (Å²) in [7, 11) is 2.14. The fourth-order valence-corrected chi connectivity index (χ4v) is 2.91. The highest BCUT2D eigenvalue weighted by Crippen LogP contribution is 2.29. The van der Waals surface area contributed by atoms with Gasteiger partial charge in [-0.1, -0.05) is 31.5 Å². The summed E-state index contributed by atoms with van der Waals surface area (Å²) in [6.45, 7) is 7.71. The number of nitrogens with zero attached hydrogens (tertiary/aromatic N) is 1. The van der Waals surface area contributed by atoms with Crippen molar-refractivity contribution in [3.63, 3.8) is 0 Å². The molecule has 2 rings (SSSR count). The molecule has 1 atom stereocenters. The minimum absolute atomic E-state index is 0.503. The number of benzene rings is 1. The van der Waals surface area contributed by atoms with Gasteiger partial charge in [0.25, 0.3) is 0 Å². The van der Waals surface area contributed by atoms with Crippen LogP contribution in [0.1, 0.15) is 45.6 Å². The van der Waals surface area contributed by atoms with Crippen LogP contribution in [-0.4, -0.2) is 19.1 Å². The third kappa shape index (κ3) is 4.39. The molecular formula is C17H27ClN2. The summed E-state index contributed by atoms with van der Waals surface area (Å²) in [4.78, 5) is 2.29. The lowest BCUT2D eigenvalue weighted by Gasteiger charge is -2.29. The van der Waals surface area contributed by atoms with E-state index < -0.39 is 0 Å². The Morgan fingerprint density at radius 2 is 2.00 bits per heavy atom. The molecule has 1 aromatic rings. The molecule has 0 bridgehead atoms. The van der Waals surface area contributed by atoms with E-state index in [-0.39, 0.29) is 0 Å². The zero-order chi connectivity index (χ0) is 14.7. The third-order valence-electron chi connectivity index (χ3n) is 4.04. The number of nitrogens with one attached hydrogen (secondary N) is 1. The van der Waals surface area contributed by atoms with Crippen LogP contribution in [0.5, 0.6) is 0 Å². The molecule has 1 aliphatic carbocycles. The van der Waals surface area contributed by atoms with Gasteiger partial charge in [-0.15, -0.1) is 0 Å². The first kappa shape index (κ1) is 15.7. The van der Waals surface area contributed by atoms with Gasteiger partial charge in [-0.05, 0) is 49.8 Å². The Kier molecular flexibility index (Phi) is 5.34. The molecule has 2 nitrogen and oxygen atoms in total. The Labute approximate surface area is 128 Å². The van der Waals surface area contributed by atoms with Crippen LogP contribution in [0, 0.1) is 5.92 Å². The summed E-state index contributed by atoms with van der Waals surface area (Å²) < 4.78 is 0. The van der Waals surface area contributed by atoms with Crippen LogP contribution in [0.4, 0.5) is 5.69 Å². The maximum absolute atomic E-state index is 6.47. The molecule has 0 aliphatic heterocycles. The van der Waals surface area contributed by atoms with Crippen molar-refractivity contribution >= 4 is 17.3 Å². The predicted octanol–water partition coefficient (Wildman–Crippen LogP) is 4.46. The molecule has 1 fully saturated rings. The normalized spacial score (nSPS) is 16.5. The monoisotopic (exact) mass is 294 g/mol. The van der Waals surface area contributed by atoms with Crippen molar-refractivity contribution in [3.05, 3.63) is 28.8 Å². The highest BCUT2D eigenvalue weighted by molar-refractivity contribution is 6.33. The van der Waals surface area contributed by atoms with Crippen molar-refractivity contribution in [1.82, 2.24) is 5.32 Å². The minimum atomic E-state index is 0.503. The average molecular weight is 295 g/mol. The molecule has 112 valence electrons. The molecule has 1 unspecified atom stereocenters. The molecule has 1 N–H and O–H groups in total. The molecule has 20 heavy (non-hydrogen) atoms. The van der Waals surface area contributed by atoms with Crippen molar-refractivity contribution in [1.29, 1.82) is 0 Å². The second-order valence-electron chi connectivity index (χ2n) is 6.53. The van der Waals surface area contributed by atoms with Crippen molar-refractivity contribution in [2.45, 2.75) is 58.7 Å². The number of hydrogen-bond acceptors (Lipinski definition) is 2. The summed E-state index contributed by atoms with van der Waals surface area (Å²) in [5.41, 5.74) is 2.41. The van der Waals surface area contributed by atoms with E-state index in [1.165, 1.54) is 24.8 Å². The Hall–Kier alpha value is -0.730. The third-order valence-corrected chi connectivity index (χ3v) is 4.34. The molecule has 1 aromatic carbocycles. The van der Waals surface area contributed by atoms with Gasteiger partial charge in [0.1, 0.15) is 0 Å². The van der Waals surface area contributed by atoms with Gasteiger partial charge in [-0.25, -0.2) is 0 Å². The van der Waals surface area contributed by atoms with Crippen LogP contribution in [0.3, 0.4) is 0 Å². The maximum Gasteiger partial charge on any atom is 0.0642 e. The average Bonchev–Trinajstić information content (AvgIpc) is 3.19. The summed E-state index contributed by atoms with van der Waals surface area (Å²) in [5.74, 6) is 0.702. The van der Waals surface area contributed by atoms with Gasteiger partial charge in [0.15, 0.2) is 0 Å². The maximum atomic E-state index is 6.47. The zero-order valence-electron chi connectivity index (χ0n) is 13.1. The summed E-state index contributed by atoms with van der Waals surface area (Å²) in [5, 5.41) is 4.38. The lowest BCUT2D eigenvalue weighted by molar-refractivity contribution is 0.504. The van der Waals surface area contributed by atoms with Gasteiger partial charge < -0.3 is 10.2 Å². The van der Waals surface area contributed by atoms with Crippen molar-refractivity contribution < 1.29 is 0 Å². The minimum Gasteiger partial charge on any atom is -0.371 e. The summed E-state index contributed by atoms with van der Waals surface area (Å²) in [6.07, 6.45) is 3.82. The molecule has 0 heterocycles. The smallest absolute Gasteiger partial charge is 0.0642 e. The van der Waals surface area contributed by atoms with Crippen LogP contribution in [0.25, 0.3) is 0 Å². The molecule has 1 aliphatic rings. The van der Waals surface area contributed by atoms with Crippen LogP contribution in [-0.2, 0) is 6.54 Å². The largest absolute Gasteiger partial charge is 0.371 e. The molecule has 0 spiro atoms. The quantitative estimate of drug-likeness (QED) is 0.798. The van der Waals surface area contributed by atoms with E-state index in [0.29, 0.717) is 12.0 Å². The van der Waals surface area contributed by atoms with Crippen molar-refractivity contribution in [3.8, 4) is 0 Å².